The normalized spacial score (nSPS) is 15.1. The van der Waals surface area contributed by atoms with E-state index in [-0.39, 0.29) is 11.4 Å². The Morgan fingerprint density at radius 1 is 1.25 bits per heavy atom. The maximum Gasteiger partial charge on any atom is 0.433 e. The van der Waals surface area contributed by atoms with Gasteiger partial charge in [0.2, 0.25) is 0 Å². The van der Waals surface area contributed by atoms with Gasteiger partial charge in [-0.2, -0.15) is 23.5 Å². The summed E-state index contributed by atoms with van der Waals surface area (Å²) in [6, 6.07) is 5.50. The van der Waals surface area contributed by atoms with Gasteiger partial charge in [-0.05, 0) is 31.0 Å². The number of hydrogen-bond acceptors (Lipinski definition) is 3. The highest BCUT2D eigenvalue weighted by atomic mass is 19.4. The average Bonchev–Trinajstić information content (AvgIpc) is 3.15. The minimum Gasteiger partial charge on any atom is -0.223 e. The number of alkyl halides is 3. The van der Waals surface area contributed by atoms with Crippen LogP contribution in [0.3, 0.4) is 0 Å². The average molecular weight is 278 g/mol. The predicted molar refractivity (Wildman–Crippen MR) is 63.1 cm³/mol. The van der Waals surface area contributed by atoms with Crippen molar-refractivity contribution in [3.63, 3.8) is 0 Å². The van der Waals surface area contributed by atoms with Gasteiger partial charge < -0.3 is 0 Å². The third-order valence-electron chi connectivity index (χ3n) is 3.11. The molecule has 7 heteroatoms. The first-order chi connectivity index (χ1) is 9.49. The Hall–Kier alpha value is -2.36. The van der Waals surface area contributed by atoms with Gasteiger partial charge in [0.25, 0.3) is 0 Å². The van der Waals surface area contributed by atoms with Crippen molar-refractivity contribution in [1.82, 2.24) is 14.8 Å². The van der Waals surface area contributed by atoms with Gasteiger partial charge in [0.15, 0.2) is 5.82 Å². The lowest BCUT2D eigenvalue weighted by Crippen LogP contribution is -2.12. The summed E-state index contributed by atoms with van der Waals surface area (Å²) >= 11 is 0. The molecule has 0 saturated heterocycles. The van der Waals surface area contributed by atoms with Crippen LogP contribution in [0.15, 0.2) is 24.4 Å². The van der Waals surface area contributed by atoms with Gasteiger partial charge in [0, 0.05) is 12.1 Å². The minimum absolute atomic E-state index is 0.0587. The monoisotopic (exact) mass is 278 g/mol. The molecule has 0 aromatic carbocycles. The summed E-state index contributed by atoms with van der Waals surface area (Å²) in [4.78, 5) is 3.53. The molecule has 3 rings (SSSR count). The number of halogens is 3. The summed E-state index contributed by atoms with van der Waals surface area (Å²) in [7, 11) is 0. The first-order valence-corrected chi connectivity index (χ1v) is 6.03. The Morgan fingerprint density at radius 2 is 2.00 bits per heavy atom. The van der Waals surface area contributed by atoms with E-state index in [2.05, 4.69) is 10.1 Å². The molecule has 0 amide bonds. The van der Waals surface area contributed by atoms with E-state index in [1.807, 2.05) is 6.07 Å². The molecule has 1 aliphatic rings. The van der Waals surface area contributed by atoms with Crippen molar-refractivity contribution >= 4 is 0 Å². The topological polar surface area (TPSA) is 54.5 Å². The lowest BCUT2D eigenvalue weighted by molar-refractivity contribution is -0.141. The lowest BCUT2D eigenvalue weighted by Gasteiger charge is -2.09. The Balaban J connectivity index is 2.07. The van der Waals surface area contributed by atoms with Crippen LogP contribution >= 0.6 is 0 Å². The first-order valence-electron chi connectivity index (χ1n) is 6.03. The maximum atomic E-state index is 12.7. The Labute approximate surface area is 112 Å². The molecule has 4 nitrogen and oxygen atoms in total. The fraction of sp³-hybridized carbons (Fsp3) is 0.308. The molecular weight excluding hydrogens is 269 g/mol. The Morgan fingerprint density at radius 3 is 2.60 bits per heavy atom. The van der Waals surface area contributed by atoms with E-state index in [9.17, 15) is 13.2 Å². The van der Waals surface area contributed by atoms with Crippen molar-refractivity contribution in [1.29, 1.82) is 5.26 Å². The van der Waals surface area contributed by atoms with Gasteiger partial charge >= 0.3 is 6.18 Å². The second kappa shape index (κ2) is 4.34. The van der Waals surface area contributed by atoms with Crippen molar-refractivity contribution in [3.05, 3.63) is 41.3 Å². The van der Waals surface area contributed by atoms with E-state index >= 15 is 0 Å². The smallest absolute Gasteiger partial charge is 0.223 e. The second-order valence-corrected chi connectivity index (χ2v) is 4.64. The van der Waals surface area contributed by atoms with Gasteiger partial charge in [-0.25, -0.2) is 9.67 Å². The summed E-state index contributed by atoms with van der Waals surface area (Å²) in [5.41, 5.74) is -0.147. The van der Waals surface area contributed by atoms with Gasteiger partial charge in [0.05, 0.1) is 11.3 Å². The van der Waals surface area contributed by atoms with E-state index in [1.54, 1.807) is 6.07 Å². The van der Waals surface area contributed by atoms with Crippen LogP contribution in [0.2, 0.25) is 0 Å². The van der Waals surface area contributed by atoms with E-state index in [4.69, 9.17) is 5.26 Å². The minimum atomic E-state index is -4.55. The van der Waals surface area contributed by atoms with Crippen molar-refractivity contribution in [3.8, 4) is 11.9 Å². The van der Waals surface area contributed by atoms with E-state index in [0.29, 0.717) is 5.92 Å². The van der Waals surface area contributed by atoms with Crippen molar-refractivity contribution in [2.45, 2.75) is 24.9 Å². The molecule has 1 aliphatic carbocycles. The highest BCUT2D eigenvalue weighted by Gasteiger charge is 2.33. The zero-order chi connectivity index (χ0) is 14.3. The highest BCUT2D eigenvalue weighted by Crippen LogP contribution is 2.39. The molecule has 0 atom stereocenters. The quantitative estimate of drug-likeness (QED) is 0.848. The summed E-state index contributed by atoms with van der Waals surface area (Å²) < 4.78 is 39.3. The number of pyridine rings is 1. The predicted octanol–water partition coefficient (Wildman–Crippen LogP) is 3.04. The Kier molecular flexibility index (Phi) is 2.74. The molecular formula is C13H9F3N4. The standard InChI is InChI=1S/C13H9F3N4/c14-13(15,16)11-4-3-9(7-17)12(18-11)20-6-5-10(19-20)8-1-2-8/h3-6,8H,1-2H2. The molecule has 2 aromatic heterocycles. The fourth-order valence-corrected chi connectivity index (χ4v) is 1.92. The van der Waals surface area contributed by atoms with Crippen molar-refractivity contribution in [2.24, 2.45) is 0 Å². The molecule has 0 spiro atoms. The number of rotatable bonds is 2. The lowest BCUT2D eigenvalue weighted by atomic mass is 10.2. The largest absolute Gasteiger partial charge is 0.433 e. The van der Waals surface area contributed by atoms with Gasteiger partial charge in [-0.3, -0.25) is 0 Å². The number of nitrogens with zero attached hydrogens (tertiary/aromatic N) is 4. The van der Waals surface area contributed by atoms with Crippen LogP contribution in [0.25, 0.3) is 5.82 Å². The maximum absolute atomic E-state index is 12.7. The molecule has 1 fully saturated rings. The number of hydrogen-bond donors (Lipinski definition) is 0. The van der Waals surface area contributed by atoms with Crippen LogP contribution in [-0.4, -0.2) is 14.8 Å². The number of aromatic nitrogens is 3. The molecule has 0 bridgehead atoms. The highest BCUT2D eigenvalue weighted by molar-refractivity contribution is 5.44. The van der Waals surface area contributed by atoms with Crippen molar-refractivity contribution in [2.75, 3.05) is 0 Å². The molecule has 102 valence electrons. The van der Waals surface area contributed by atoms with Gasteiger partial charge in [-0.15, -0.1) is 0 Å². The first kappa shape index (κ1) is 12.7. The summed E-state index contributed by atoms with van der Waals surface area (Å²) in [6.07, 6.45) is -0.928. The third kappa shape index (κ3) is 2.25. The van der Waals surface area contributed by atoms with Crippen LogP contribution in [-0.2, 0) is 6.18 Å². The van der Waals surface area contributed by atoms with Crippen LogP contribution < -0.4 is 0 Å². The van der Waals surface area contributed by atoms with Crippen LogP contribution in [0.1, 0.15) is 35.7 Å². The van der Waals surface area contributed by atoms with E-state index in [0.717, 1.165) is 30.7 Å². The molecule has 0 aliphatic heterocycles. The molecule has 1 saturated carbocycles. The molecule has 0 radical (unpaired) electrons. The zero-order valence-corrected chi connectivity index (χ0v) is 10.2. The molecule has 2 aromatic rings. The fourth-order valence-electron chi connectivity index (χ4n) is 1.92. The van der Waals surface area contributed by atoms with E-state index in [1.165, 1.54) is 10.9 Å². The van der Waals surface area contributed by atoms with Gasteiger partial charge in [-0.1, -0.05) is 0 Å². The van der Waals surface area contributed by atoms with E-state index < -0.39 is 11.9 Å². The van der Waals surface area contributed by atoms with Gasteiger partial charge in [0.1, 0.15) is 11.8 Å². The Bertz CT molecular complexity index is 692. The second-order valence-electron chi connectivity index (χ2n) is 4.64. The SMILES string of the molecule is N#Cc1ccc(C(F)(F)F)nc1-n1ccc(C2CC2)n1. The van der Waals surface area contributed by atoms with Crippen LogP contribution in [0.4, 0.5) is 13.2 Å². The van der Waals surface area contributed by atoms with Crippen LogP contribution in [0, 0.1) is 11.3 Å². The molecule has 0 N–H and O–H groups in total. The van der Waals surface area contributed by atoms with Crippen molar-refractivity contribution < 1.29 is 13.2 Å². The summed E-state index contributed by atoms with van der Waals surface area (Å²) in [5, 5.41) is 13.2. The zero-order valence-electron chi connectivity index (χ0n) is 10.2. The van der Waals surface area contributed by atoms with Crippen LogP contribution in [0.5, 0.6) is 0 Å². The summed E-state index contributed by atoms with van der Waals surface area (Å²) in [6.45, 7) is 0. The molecule has 20 heavy (non-hydrogen) atoms. The number of nitriles is 1. The third-order valence-corrected chi connectivity index (χ3v) is 3.11. The molecule has 2 heterocycles. The molecule has 0 unspecified atom stereocenters. The summed E-state index contributed by atoms with van der Waals surface area (Å²) in [5.74, 6) is 0.293.